The van der Waals surface area contributed by atoms with Crippen LogP contribution in [0.15, 0.2) is 30.3 Å². The summed E-state index contributed by atoms with van der Waals surface area (Å²) in [6.45, 7) is 6.27. The number of hydrogen-bond donors (Lipinski definition) is 4. The van der Waals surface area contributed by atoms with E-state index in [1.807, 2.05) is 20.8 Å². The van der Waals surface area contributed by atoms with Gasteiger partial charge >= 0.3 is 0 Å². The minimum atomic E-state index is -1.18. The van der Waals surface area contributed by atoms with Crippen LogP contribution in [-0.4, -0.2) is 54.1 Å². The maximum atomic E-state index is 13.3. The molecule has 1 aliphatic heterocycles. The molecule has 200 valence electrons. The summed E-state index contributed by atoms with van der Waals surface area (Å²) in [5, 5.41) is 11.3. The Morgan fingerprint density at radius 1 is 1.05 bits per heavy atom. The molecule has 0 bridgehead atoms. The van der Waals surface area contributed by atoms with Crippen molar-refractivity contribution in [3.8, 4) is 0 Å². The summed E-state index contributed by atoms with van der Waals surface area (Å²) in [4.78, 5) is 63.6. The van der Waals surface area contributed by atoms with Gasteiger partial charge in [0.05, 0.1) is 6.04 Å². The van der Waals surface area contributed by atoms with E-state index >= 15 is 0 Å². The SMILES string of the molecule is CC(C)(C)CC(NC(=O)/C=C/c1ccc(Cl)cc1)C(=O)NC(C[C@@H]1CCNC1=O)C(=O)C(=O)NC1CC1. The molecule has 1 aromatic carbocycles. The predicted octanol–water partition coefficient (Wildman–Crippen LogP) is 2.13. The Hall–Kier alpha value is -3.20. The molecule has 4 N–H and O–H groups in total. The summed E-state index contributed by atoms with van der Waals surface area (Å²) in [6.07, 6.45) is 5.36. The van der Waals surface area contributed by atoms with Crippen molar-refractivity contribution in [2.24, 2.45) is 11.3 Å². The Kier molecular flexibility index (Phi) is 9.48. The third kappa shape index (κ3) is 9.31. The first-order valence-corrected chi connectivity index (χ1v) is 13.0. The Balaban J connectivity index is 1.72. The van der Waals surface area contributed by atoms with Crippen LogP contribution in [0.25, 0.3) is 6.08 Å². The molecule has 9 nitrogen and oxygen atoms in total. The van der Waals surface area contributed by atoms with E-state index in [9.17, 15) is 24.0 Å². The highest BCUT2D eigenvalue weighted by Gasteiger charge is 2.37. The van der Waals surface area contributed by atoms with Crippen LogP contribution in [0.3, 0.4) is 0 Å². The molecule has 1 heterocycles. The Morgan fingerprint density at radius 2 is 1.73 bits per heavy atom. The summed E-state index contributed by atoms with van der Waals surface area (Å²) in [5.41, 5.74) is 0.433. The average molecular weight is 531 g/mol. The fourth-order valence-electron chi connectivity index (χ4n) is 4.09. The lowest BCUT2D eigenvalue weighted by Crippen LogP contribution is -2.55. The van der Waals surface area contributed by atoms with Gasteiger partial charge in [0.25, 0.3) is 5.91 Å². The number of Topliss-reactive ketones (excluding diaryl/α,β-unsaturated/α-hetero) is 1. The second-order valence-corrected chi connectivity index (χ2v) is 11.3. The number of amides is 4. The van der Waals surface area contributed by atoms with E-state index in [1.54, 1.807) is 30.3 Å². The highest BCUT2D eigenvalue weighted by molar-refractivity contribution is 6.38. The van der Waals surface area contributed by atoms with E-state index < -0.39 is 41.5 Å². The van der Waals surface area contributed by atoms with E-state index in [-0.39, 0.29) is 23.8 Å². The zero-order chi connectivity index (χ0) is 27.2. The number of nitrogens with one attached hydrogen (secondary N) is 4. The standard InChI is InChI=1S/C27H35ClN4O5/c1-27(2,3)15-21(31-22(33)11-6-16-4-7-18(28)8-5-16)25(36)32-20(14-17-12-13-29-24(17)35)23(34)26(37)30-19-9-10-19/h4-8,11,17,19-21H,9-10,12-15H2,1-3H3,(H,29,35)(H,30,37)(H,31,33)(H,32,36)/b11-6+/t17-,20?,21?/m0/s1. The van der Waals surface area contributed by atoms with Crippen LogP contribution >= 0.6 is 11.6 Å². The average Bonchev–Trinajstić information content (AvgIpc) is 3.55. The number of halogens is 1. The molecular weight excluding hydrogens is 496 g/mol. The largest absolute Gasteiger partial charge is 0.356 e. The molecule has 37 heavy (non-hydrogen) atoms. The highest BCUT2D eigenvalue weighted by Crippen LogP contribution is 2.23. The summed E-state index contributed by atoms with van der Waals surface area (Å²) < 4.78 is 0. The Morgan fingerprint density at radius 3 is 2.30 bits per heavy atom. The van der Waals surface area contributed by atoms with Crippen LogP contribution in [-0.2, 0) is 24.0 Å². The molecule has 2 fully saturated rings. The molecular formula is C27H35ClN4O5. The number of carbonyl (C=O) groups is 5. The molecule has 1 aliphatic carbocycles. The molecule has 2 aliphatic rings. The topological polar surface area (TPSA) is 133 Å². The quantitative estimate of drug-likeness (QED) is 0.257. The first kappa shape index (κ1) is 28.4. The second-order valence-electron chi connectivity index (χ2n) is 10.9. The van der Waals surface area contributed by atoms with Crippen LogP contribution in [0.1, 0.15) is 58.4 Å². The van der Waals surface area contributed by atoms with Gasteiger partial charge in [0, 0.05) is 29.6 Å². The van der Waals surface area contributed by atoms with Crippen molar-refractivity contribution < 1.29 is 24.0 Å². The minimum absolute atomic E-state index is 0.0150. The smallest absolute Gasteiger partial charge is 0.289 e. The zero-order valence-corrected chi connectivity index (χ0v) is 22.2. The van der Waals surface area contributed by atoms with Crippen molar-refractivity contribution in [1.82, 2.24) is 21.3 Å². The monoisotopic (exact) mass is 530 g/mol. The molecule has 3 rings (SSSR count). The van der Waals surface area contributed by atoms with Gasteiger partial charge in [-0.05, 0) is 61.3 Å². The maximum absolute atomic E-state index is 13.3. The summed E-state index contributed by atoms with van der Waals surface area (Å²) in [6, 6.07) is 4.77. The lowest BCUT2D eigenvalue weighted by Gasteiger charge is -2.28. The Labute approximate surface area is 222 Å². The summed E-state index contributed by atoms with van der Waals surface area (Å²) in [5.74, 6) is -3.32. The van der Waals surface area contributed by atoms with Gasteiger partial charge in [-0.15, -0.1) is 0 Å². The number of benzene rings is 1. The number of ketones is 1. The van der Waals surface area contributed by atoms with Crippen LogP contribution in [0.2, 0.25) is 5.02 Å². The molecule has 10 heteroatoms. The molecule has 4 amide bonds. The Bertz CT molecular complexity index is 1060. The van der Waals surface area contributed by atoms with Crippen molar-refractivity contribution >= 4 is 47.1 Å². The summed E-state index contributed by atoms with van der Waals surface area (Å²) in [7, 11) is 0. The van der Waals surface area contributed by atoms with E-state index in [0.29, 0.717) is 24.4 Å². The van der Waals surface area contributed by atoms with Crippen LogP contribution in [0, 0.1) is 11.3 Å². The lowest BCUT2D eigenvalue weighted by molar-refractivity contribution is -0.141. The second kappa shape index (κ2) is 12.4. The molecule has 1 saturated carbocycles. The van der Waals surface area contributed by atoms with E-state index in [1.165, 1.54) is 6.08 Å². The third-order valence-corrected chi connectivity index (χ3v) is 6.45. The maximum Gasteiger partial charge on any atom is 0.289 e. The predicted molar refractivity (Wildman–Crippen MR) is 140 cm³/mol. The van der Waals surface area contributed by atoms with Crippen molar-refractivity contribution in [3.63, 3.8) is 0 Å². The van der Waals surface area contributed by atoms with Crippen molar-refractivity contribution in [3.05, 3.63) is 40.9 Å². The van der Waals surface area contributed by atoms with E-state index in [0.717, 1.165) is 18.4 Å². The van der Waals surface area contributed by atoms with Gasteiger partial charge in [0.1, 0.15) is 6.04 Å². The van der Waals surface area contributed by atoms with Gasteiger partial charge in [-0.25, -0.2) is 0 Å². The molecule has 0 spiro atoms. The number of carbonyl (C=O) groups excluding carboxylic acids is 5. The highest BCUT2D eigenvalue weighted by atomic mass is 35.5. The fourth-order valence-corrected chi connectivity index (χ4v) is 4.21. The molecule has 1 saturated heterocycles. The van der Waals surface area contributed by atoms with Gasteiger partial charge in [-0.3, -0.25) is 24.0 Å². The zero-order valence-electron chi connectivity index (χ0n) is 21.4. The number of hydrogen-bond acceptors (Lipinski definition) is 5. The van der Waals surface area contributed by atoms with Crippen LogP contribution in [0.4, 0.5) is 0 Å². The molecule has 0 aromatic heterocycles. The normalized spacial score (nSPS) is 19.1. The van der Waals surface area contributed by atoms with Gasteiger partial charge in [-0.1, -0.05) is 44.5 Å². The van der Waals surface area contributed by atoms with Crippen molar-refractivity contribution in [2.75, 3.05) is 6.54 Å². The van der Waals surface area contributed by atoms with Crippen LogP contribution in [0.5, 0.6) is 0 Å². The van der Waals surface area contributed by atoms with Crippen molar-refractivity contribution in [2.45, 2.75) is 71.0 Å². The van der Waals surface area contributed by atoms with Gasteiger partial charge in [-0.2, -0.15) is 0 Å². The first-order valence-electron chi connectivity index (χ1n) is 12.6. The van der Waals surface area contributed by atoms with Gasteiger partial charge in [0.2, 0.25) is 23.5 Å². The fraction of sp³-hybridized carbons (Fsp3) is 0.519. The molecule has 3 atom stereocenters. The van der Waals surface area contributed by atoms with E-state index in [4.69, 9.17) is 11.6 Å². The lowest BCUT2D eigenvalue weighted by atomic mass is 9.87. The van der Waals surface area contributed by atoms with E-state index in [2.05, 4.69) is 21.3 Å². The number of rotatable bonds is 11. The molecule has 2 unspecified atom stereocenters. The molecule has 1 aromatic rings. The minimum Gasteiger partial charge on any atom is -0.356 e. The van der Waals surface area contributed by atoms with Gasteiger partial charge in [0.15, 0.2) is 0 Å². The van der Waals surface area contributed by atoms with Crippen molar-refractivity contribution in [1.29, 1.82) is 0 Å². The van der Waals surface area contributed by atoms with Gasteiger partial charge < -0.3 is 21.3 Å². The van der Waals surface area contributed by atoms with Crippen LogP contribution < -0.4 is 21.3 Å². The third-order valence-electron chi connectivity index (χ3n) is 6.20. The summed E-state index contributed by atoms with van der Waals surface area (Å²) >= 11 is 5.89. The molecule has 0 radical (unpaired) electrons. The first-order chi connectivity index (χ1) is 17.4.